The van der Waals surface area contributed by atoms with Gasteiger partial charge in [0, 0.05) is 0 Å². The number of hydrogen-bond donors (Lipinski definition) is 4. The molecule has 0 aromatic carbocycles. The van der Waals surface area contributed by atoms with Crippen LogP contribution in [-0.2, 0) is 18.2 Å². The monoisotopic (exact) mass is 274 g/mol. The highest BCUT2D eigenvalue weighted by atomic mass is 31.2. The van der Waals surface area contributed by atoms with E-state index in [4.69, 9.17) is 19.6 Å². The zero-order valence-electron chi connectivity index (χ0n) is 5.22. The van der Waals surface area contributed by atoms with Gasteiger partial charge in [-0.1, -0.05) is 0 Å². The number of phosphoric acid groups is 2. The summed E-state index contributed by atoms with van der Waals surface area (Å²) in [5, 5.41) is 0. The molecule has 80 valence electrons. The molecule has 0 radical (unpaired) electrons. The van der Waals surface area contributed by atoms with Crippen LogP contribution >= 0.6 is 15.6 Å². The minimum atomic E-state index is -5.13. The maximum Gasteiger partial charge on any atom is 0.529 e. The van der Waals surface area contributed by atoms with Crippen LogP contribution in [0.2, 0.25) is 0 Å². The van der Waals surface area contributed by atoms with Crippen molar-refractivity contribution in [1.29, 1.82) is 0 Å². The molecule has 0 aliphatic heterocycles. The Kier molecular flexibility index (Phi) is 10.8. The first-order chi connectivity index (χ1) is 5.10. The van der Waals surface area contributed by atoms with E-state index in [1.165, 1.54) is 0 Å². The van der Waals surface area contributed by atoms with Crippen molar-refractivity contribution in [3.63, 3.8) is 0 Å². The van der Waals surface area contributed by atoms with Gasteiger partial charge < -0.3 is 9.05 Å². The van der Waals surface area contributed by atoms with Crippen molar-refractivity contribution in [3.8, 4) is 0 Å². The molecule has 0 aliphatic carbocycles. The predicted molar refractivity (Wildman–Crippen MR) is 48.7 cm³/mol. The molecule has 0 amide bonds. The Labute approximate surface area is 110 Å². The van der Waals surface area contributed by atoms with E-state index in [1.807, 2.05) is 0 Å². The lowest BCUT2D eigenvalue weighted by atomic mass is 11.5. The SMILES string of the molecule is O=C(OP(=O)(O)O)OP(=O)(O)O.[MgH2].[MgH2]. The normalized spacial score (nSPS) is 10.6. The van der Waals surface area contributed by atoms with Crippen molar-refractivity contribution in [2.24, 2.45) is 0 Å². The Morgan fingerprint density at radius 1 is 0.857 bits per heavy atom. The molecule has 0 saturated heterocycles. The molecule has 0 saturated carbocycles. The van der Waals surface area contributed by atoms with E-state index in [-0.39, 0.29) is 46.1 Å². The third kappa shape index (κ3) is 15.6. The lowest BCUT2D eigenvalue weighted by molar-refractivity contribution is 0.118. The van der Waals surface area contributed by atoms with Crippen LogP contribution in [0.4, 0.5) is 4.79 Å². The minimum absolute atomic E-state index is 0. The largest absolute Gasteiger partial charge is 0.529 e. The molecule has 0 fully saturated rings. The maximum atomic E-state index is 10.0. The van der Waals surface area contributed by atoms with Crippen molar-refractivity contribution < 1.29 is 42.5 Å². The Morgan fingerprint density at radius 2 is 1.07 bits per heavy atom. The summed E-state index contributed by atoms with van der Waals surface area (Å²) >= 11 is 0. The van der Waals surface area contributed by atoms with Gasteiger partial charge in [-0.25, -0.2) is 13.9 Å². The van der Waals surface area contributed by atoms with Gasteiger partial charge in [-0.2, -0.15) is 0 Å². The zero-order valence-corrected chi connectivity index (χ0v) is 7.01. The number of phosphoric ester groups is 2. The predicted octanol–water partition coefficient (Wildman–Crippen LogP) is -2.51. The van der Waals surface area contributed by atoms with E-state index < -0.39 is 21.8 Å². The molecular formula is CH8Mg2O9P2. The van der Waals surface area contributed by atoms with Gasteiger partial charge in [0.1, 0.15) is 0 Å². The quantitative estimate of drug-likeness (QED) is 0.316. The second-order valence-electron chi connectivity index (χ2n) is 1.41. The Balaban J connectivity index is -0.000000605. The maximum absolute atomic E-state index is 10.0. The fraction of sp³-hybridized carbons (Fsp3) is 0. The zero-order chi connectivity index (χ0) is 9.99. The summed E-state index contributed by atoms with van der Waals surface area (Å²) in [5.41, 5.74) is 0. The van der Waals surface area contributed by atoms with Crippen molar-refractivity contribution in [2.45, 2.75) is 0 Å². The molecule has 0 aromatic rings. The third-order valence-electron chi connectivity index (χ3n) is 0.387. The van der Waals surface area contributed by atoms with Crippen molar-refractivity contribution in [2.75, 3.05) is 0 Å². The summed E-state index contributed by atoms with van der Waals surface area (Å²) in [6.07, 6.45) is -2.14. The van der Waals surface area contributed by atoms with Crippen LogP contribution in [0.5, 0.6) is 0 Å². The summed E-state index contributed by atoms with van der Waals surface area (Å²) in [6, 6.07) is 0. The summed E-state index contributed by atoms with van der Waals surface area (Å²) in [5.74, 6) is 0. The molecule has 4 N–H and O–H groups in total. The summed E-state index contributed by atoms with van der Waals surface area (Å²) in [4.78, 5) is 41.7. The molecule has 14 heavy (non-hydrogen) atoms. The Morgan fingerprint density at radius 3 is 1.21 bits per heavy atom. The van der Waals surface area contributed by atoms with Crippen LogP contribution in [0.15, 0.2) is 0 Å². The number of carbonyl (C=O) groups is 1. The first-order valence-electron chi connectivity index (χ1n) is 2.14. The van der Waals surface area contributed by atoms with Crippen LogP contribution in [0.25, 0.3) is 0 Å². The van der Waals surface area contributed by atoms with E-state index in [0.717, 1.165) is 0 Å². The van der Waals surface area contributed by atoms with Gasteiger partial charge in [0.25, 0.3) is 0 Å². The molecule has 0 bridgehead atoms. The fourth-order valence-electron chi connectivity index (χ4n) is 0.211. The molecule has 0 spiro atoms. The van der Waals surface area contributed by atoms with Crippen LogP contribution in [0.3, 0.4) is 0 Å². The first kappa shape index (κ1) is 20.5. The van der Waals surface area contributed by atoms with Crippen LogP contribution < -0.4 is 0 Å². The van der Waals surface area contributed by atoms with Gasteiger partial charge in [-0.3, -0.25) is 19.6 Å². The van der Waals surface area contributed by atoms with Crippen LogP contribution in [0, 0.1) is 0 Å². The molecule has 0 atom stereocenters. The number of hydrogen-bond acceptors (Lipinski definition) is 5. The average Bonchev–Trinajstić information content (AvgIpc) is 1.49. The summed E-state index contributed by atoms with van der Waals surface area (Å²) in [6.45, 7) is 0. The molecular weight excluding hydrogens is 267 g/mol. The Bertz CT molecular complexity index is 236. The van der Waals surface area contributed by atoms with E-state index in [1.54, 1.807) is 0 Å². The van der Waals surface area contributed by atoms with Gasteiger partial charge in [0.2, 0.25) is 0 Å². The fourth-order valence-corrected chi connectivity index (χ4v) is 0.733. The van der Waals surface area contributed by atoms with E-state index in [0.29, 0.717) is 0 Å². The first-order valence-corrected chi connectivity index (χ1v) is 5.20. The lowest BCUT2D eigenvalue weighted by Gasteiger charge is -2.05. The summed E-state index contributed by atoms with van der Waals surface area (Å²) in [7, 11) is -10.3. The van der Waals surface area contributed by atoms with Crippen LogP contribution in [0.1, 0.15) is 0 Å². The number of rotatable bonds is 2. The lowest BCUT2D eigenvalue weighted by Crippen LogP contribution is -2.03. The smallest absolute Gasteiger partial charge is 0.337 e. The van der Waals surface area contributed by atoms with Crippen LogP contribution in [-0.4, -0.2) is 71.8 Å². The molecule has 0 aromatic heterocycles. The van der Waals surface area contributed by atoms with Crippen molar-refractivity contribution in [1.82, 2.24) is 0 Å². The topological polar surface area (TPSA) is 151 Å². The van der Waals surface area contributed by atoms with E-state index in [2.05, 4.69) is 9.05 Å². The molecule has 9 nitrogen and oxygen atoms in total. The highest BCUT2D eigenvalue weighted by Gasteiger charge is 2.28. The van der Waals surface area contributed by atoms with Gasteiger partial charge in [-0.05, 0) is 0 Å². The molecule has 0 rings (SSSR count). The van der Waals surface area contributed by atoms with Crippen molar-refractivity contribution >= 4 is 67.9 Å². The van der Waals surface area contributed by atoms with E-state index >= 15 is 0 Å². The van der Waals surface area contributed by atoms with E-state index in [9.17, 15) is 13.9 Å². The van der Waals surface area contributed by atoms with Gasteiger partial charge in [0.05, 0.1) is 0 Å². The van der Waals surface area contributed by atoms with Gasteiger partial charge in [0.15, 0.2) is 0 Å². The Hall–Kier alpha value is 1.10. The average molecular weight is 275 g/mol. The highest BCUT2D eigenvalue weighted by molar-refractivity contribution is 7.48. The summed E-state index contributed by atoms with van der Waals surface area (Å²) < 4.78 is 25.9. The number of carbonyl (C=O) groups excluding carboxylic acids is 1. The van der Waals surface area contributed by atoms with Crippen molar-refractivity contribution in [3.05, 3.63) is 0 Å². The standard InChI is InChI=1S/CH4O9P2.2Mg.4H/c2-1(9-11(3,4)5)10-12(6,7)8;;;;;;/h(H2,3,4,5)(H2,6,7,8);;;;;;. The molecule has 13 heteroatoms. The minimum Gasteiger partial charge on any atom is -0.337 e. The second-order valence-corrected chi connectivity index (χ2v) is 3.74. The van der Waals surface area contributed by atoms with Gasteiger partial charge in [-0.15, -0.1) is 0 Å². The molecule has 0 aliphatic rings. The third-order valence-corrected chi connectivity index (χ3v) is 1.16. The highest BCUT2D eigenvalue weighted by Crippen LogP contribution is 2.41. The molecule has 0 unspecified atom stereocenters. The van der Waals surface area contributed by atoms with Gasteiger partial charge >= 0.3 is 67.9 Å². The second kappa shape index (κ2) is 7.39. The molecule has 0 heterocycles.